The minimum atomic E-state index is -0.305. The fraction of sp³-hybridized carbons (Fsp3) is 0.0909. The van der Waals surface area contributed by atoms with Gasteiger partial charge in [0.2, 0.25) is 0 Å². The monoisotopic (exact) mass is 356 g/mol. The molecule has 2 amide bonds. The molecule has 0 aliphatic rings. The number of hydrogen-bond acceptors (Lipinski definition) is 2. The van der Waals surface area contributed by atoms with Gasteiger partial charge in [0, 0.05) is 17.4 Å². The molecular weight excluding hydrogens is 336 g/mol. The third-order valence-corrected chi connectivity index (χ3v) is 4.57. The van der Waals surface area contributed by atoms with Gasteiger partial charge in [-0.2, -0.15) is 0 Å². The maximum Gasteiger partial charge on any atom is 0.324 e. The summed E-state index contributed by atoms with van der Waals surface area (Å²) in [7, 11) is 0. The lowest BCUT2D eigenvalue weighted by atomic mass is 10.1. The topological polar surface area (TPSA) is 58.4 Å². The molecule has 0 unspecified atom stereocenters. The van der Waals surface area contributed by atoms with Crippen molar-refractivity contribution in [2.45, 2.75) is 13.8 Å². The van der Waals surface area contributed by atoms with E-state index in [0.717, 1.165) is 28.2 Å². The Hall–Kier alpha value is -3.60. The number of benzene rings is 2. The Kier molecular flexibility index (Phi) is 4.34. The summed E-state index contributed by atoms with van der Waals surface area (Å²) in [5, 5.41) is 5.87. The van der Waals surface area contributed by atoms with Gasteiger partial charge < -0.3 is 5.32 Å². The van der Waals surface area contributed by atoms with Crippen molar-refractivity contribution in [3.8, 4) is 11.3 Å². The predicted molar refractivity (Wildman–Crippen MR) is 109 cm³/mol. The summed E-state index contributed by atoms with van der Waals surface area (Å²) in [6.07, 6.45) is 1.89. The van der Waals surface area contributed by atoms with Crippen molar-refractivity contribution in [1.29, 1.82) is 0 Å². The van der Waals surface area contributed by atoms with E-state index in [-0.39, 0.29) is 6.03 Å². The molecule has 0 saturated carbocycles. The number of nitrogens with one attached hydrogen (secondary N) is 2. The number of rotatable bonds is 3. The van der Waals surface area contributed by atoms with Crippen molar-refractivity contribution in [2.75, 3.05) is 10.6 Å². The molecule has 27 heavy (non-hydrogen) atoms. The van der Waals surface area contributed by atoms with Crippen LogP contribution in [0.3, 0.4) is 0 Å². The first-order valence-corrected chi connectivity index (χ1v) is 8.79. The Balaban J connectivity index is 1.68. The molecular formula is C22H20N4O. The van der Waals surface area contributed by atoms with Crippen molar-refractivity contribution < 1.29 is 4.79 Å². The Morgan fingerprint density at radius 1 is 0.889 bits per heavy atom. The standard InChI is InChI=1S/C22H20N4O/c1-15-11-12-18(14-16(15)2)23-22(27)25-21-20(17-8-4-3-5-9-17)24-19-10-6-7-13-26(19)21/h3-14H,1-2H3,(H2,23,25,27). The summed E-state index contributed by atoms with van der Waals surface area (Å²) >= 11 is 0. The molecule has 2 heterocycles. The van der Waals surface area contributed by atoms with Crippen LogP contribution in [0.5, 0.6) is 0 Å². The van der Waals surface area contributed by atoms with Crippen LogP contribution in [0.15, 0.2) is 72.9 Å². The van der Waals surface area contributed by atoms with Gasteiger partial charge >= 0.3 is 6.03 Å². The average Bonchev–Trinajstić information content (AvgIpc) is 3.04. The van der Waals surface area contributed by atoms with Crippen LogP contribution in [0, 0.1) is 13.8 Å². The highest BCUT2D eigenvalue weighted by atomic mass is 16.2. The number of carbonyl (C=O) groups is 1. The summed E-state index contributed by atoms with van der Waals surface area (Å²) in [5.41, 5.74) is 5.53. The van der Waals surface area contributed by atoms with Crippen LogP contribution in [0.2, 0.25) is 0 Å². The molecule has 0 saturated heterocycles. The minimum absolute atomic E-state index is 0.305. The van der Waals surface area contributed by atoms with Crippen LogP contribution in [0.4, 0.5) is 16.3 Å². The van der Waals surface area contributed by atoms with Crippen molar-refractivity contribution in [2.24, 2.45) is 0 Å². The van der Waals surface area contributed by atoms with E-state index in [1.807, 2.05) is 91.2 Å². The summed E-state index contributed by atoms with van der Waals surface area (Å²) in [6, 6.07) is 21.1. The second-order valence-corrected chi connectivity index (χ2v) is 6.48. The second-order valence-electron chi connectivity index (χ2n) is 6.48. The van der Waals surface area contributed by atoms with Crippen molar-refractivity contribution in [3.05, 3.63) is 84.1 Å². The summed E-state index contributed by atoms with van der Waals surface area (Å²) in [6.45, 7) is 4.07. The van der Waals surface area contributed by atoms with E-state index in [1.165, 1.54) is 5.56 Å². The third-order valence-electron chi connectivity index (χ3n) is 4.57. The van der Waals surface area contributed by atoms with Gasteiger partial charge in [0.1, 0.15) is 17.2 Å². The van der Waals surface area contributed by atoms with Crippen LogP contribution in [0.1, 0.15) is 11.1 Å². The first-order valence-electron chi connectivity index (χ1n) is 8.79. The van der Waals surface area contributed by atoms with E-state index >= 15 is 0 Å². The maximum absolute atomic E-state index is 12.6. The summed E-state index contributed by atoms with van der Waals surface area (Å²) in [4.78, 5) is 17.3. The van der Waals surface area contributed by atoms with Gasteiger partial charge in [-0.15, -0.1) is 0 Å². The van der Waals surface area contributed by atoms with Crippen LogP contribution < -0.4 is 10.6 Å². The summed E-state index contributed by atoms with van der Waals surface area (Å²) in [5.74, 6) is 0.637. The molecule has 5 heteroatoms. The van der Waals surface area contributed by atoms with Gasteiger partial charge in [-0.25, -0.2) is 9.78 Å². The van der Waals surface area contributed by atoms with E-state index < -0.39 is 0 Å². The Morgan fingerprint density at radius 3 is 2.44 bits per heavy atom. The number of urea groups is 1. The maximum atomic E-state index is 12.6. The number of nitrogens with zero attached hydrogens (tertiary/aromatic N) is 2. The molecule has 0 atom stereocenters. The van der Waals surface area contributed by atoms with E-state index in [4.69, 9.17) is 0 Å². The number of imidazole rings is 1. The van der Waals surface area contributed by atoms with Crippen molar-refractivity contribution in [3.63, 3.8) is 0 Å². The number of pyridine rings is 1. The molecule has 2 N–H and O–H groups in total. The first-order chi connectivity index (χ1) is 13.1. The molecule has 2 aromatic carbocycles. The smallest absolute Gasteiger partial charge is 0.308 e. The normalized spacial score (nSPS) is 10.7. The zero-order valence-electron chi connectivity index (χ0n) is 15.2. The van der Waals surface area contributed by atoms with E-state index in [1.54, 1.807) is 0 Å². The largest absolute Gasteiger partial charge is 0.324 e. The molecule has 4 rings (SSSR count). The molecule has 0 bridgehead atoms. The van der Waals surface area contributed by atoms with Crippen LogP contribution >= 0.6 is 0 Å². The van der Waals surface area contributed by atoms with Crippen molar-refractivity contribution in [1.82, 2.24) is 9.38 Å². The number of fused-ring (bicyclic) bond motifs is 1. The highest BCUT2D eigenvalue weighted by molar-refractivity contribution is 6.01. The Labute approximate surface area is 157 Å². The highest BCUT2D eigenvalue weighted by Crippen LogP contribution is 2.28. The van der Waals surface area contributed by atoms with Crippen LogP contribution in [-0.2, 0) is 0 Å². The third kappa shape index (κ3) is 3.40. The van der Waals surface area contributed by atoms with Gasteiger partial charge in [-0.05, 0) is 49.2 Å². The molecule has 0 aliphatic heterocycles. The number of aromatic nitrogens is 2. The van der Waals surface area contributed by atoms with Gasteiger partial charge in [0.05, 0.1) is 0 Å². The zero-order chi connectivity index (χ0) is 18.8. The van der Waals surface area contributed by atoms with Gasteiger partial charge in [0.25, 0.3) is 0 Å². The SMILES string of the molecule is Cc1ccc(NC(=O)Nc2c(-c3ccccc3)nc3ccccn23)cc1C. The molecule has 134 valence electrons. The second kappa shape index (κ2) is 6.96. The molecule has 0 radical (unpaired) electrons. The first kappa shape index (κ1) is 16.8. The zero-order valence-corrected chi connectivity index (χ0v) is 15.2. The van der Waals surface area contributed by atoms with Gasteiger partial charge in [-0.1, -0.05) is 42.5 Å². The lowest BCUT2D eigenvalue weighted by molar-refractivity contribution is 0.262. The fourth-order valence-corrected chi connectivity index (χ4v) is 3.00. The Bertz CT molecular complexity index is 1120. The highest BCUT2D eigenvalue weighted by Gasteiger charge is 2.16. The number of amides is 2. The molecule has 0 aliphatic carbocycles. The number of anilines is 2. The van der Waals surface area contributed by atoms with Gasteiger partial charge in [-0.3, -0.25) is 9.72 Å². The Morgan fingerprint density at radius 2 is 1.67 bits per heavy atom. The number of hydrogen-bond donors (Lipinski definition) is 2. The molecule has 2 aromatic heterocycles. The number of aryl methyl sites for hydroxylation is 2. The lowest BCUT2D eigenvalue weighted by Gasteiger charge is -2.10. The lowest BCUT2D eigenvalue weighted by Crippen LogP contribution is -2.20. The van der Waals surface area contributed by atoms with Crippen LogP contribution in [-0.4, -0.2) is 15.4 Å². The van der Waals surface area contributed by atoms with E-state index in [9.17, 15) is 4.79 Å². The van der Waals surface area contributed by atoms with E-state index in [0.29, 0.717) is 5.82 Å². The molecule has 0 fully saturated rings. The van der Waals surface area contributed by atoms with Gasteiger partial charge in [0.15, 0.2) is 0 Å². The van der Waals surface area contributed by atoms with Crippen LogP contribution in [0.25, 0.3) is 16.9 Å². The molecule has 0 spiro atoms. The quantitative estimate of drug-likeness (QED) is 0.526. The average molecular weight is 356 g/mol. The fourth-order valence-electron chi connectivity index (χ4n) is 3.00. The molecule has 5 nitrogen and oxygen atoms in total. The number of carbonyl (C=O) groups excluding carboxylic acids is 1. The predicted octanol–water partition coefficient (Wildman–Crippen LogP) is 5.26. The van der Waals surface area contributed by atoms with Crippen molar-refractivity contribution >= 4 is 23.2 Å². The molecule has 4 aromatic rings. The van der Waals surface area contributed by atoms with E-state index in [2.05, 4.69) is 15.6 Å². The summed E-state index contributed by atoms with van der Waals surface area (Å²) < 4.78 is 1.88. The minimum Gasteiger partial charge on any atom is -0.308 e.